The molecule has 1 aliphatic rings. The van der Waals surface area contributed by atoms with Crippen molar-refractivity contribution in [1.82, 2.24) is 4.90 Å². The first-order valence-electron chi connectivity index (χ1n) is 9.02. The largest absolute Gasteiger partial charge is 0.335 e. The van der Waals surface area contributed by atoms with Crippen LogP contribution < -0.4 is 0 Å². The topological polar surface area (TPSA) is 54.5 Å². The third-order valence-electron chi connectivity index (χ3n) is 4.78. The van der Waals surface area contributed by atoms with Gasteiger partial charge < -0.3 is 4.90 Å². The van der Waals surface area contributed by atoms with E-state index in [0.29, 0.717) is 35.0 Å². The molecule has 1 heterocycles. The molecule has 7 heteroatoms. The minimum absolute atomic E-state index is 0.0169. The average molecular weight is 438 g/mol. The molecule has 0 radical (unpaired) electrons. The van der Waals surface area contributed by atoms with Crippen LogP contribution in [0.1, 0.15) is 17.5 Å². The van der Waals surface area contributed by atoms with Crippen LogP contribution in [0.4, 0.5) is 0 Å². The maximum absolute atomic E-state index is 12.9. The Balaban J connectivity index is 1.76. The summed E-state index contributed by atoms with van der Waals surface area (Å²) in [6.07, 6.45) is 4.22. The maximum atomic E-state index is 12.9. The fourth-order valence-electron chi connectivity index (χ4n) is 3.28. The number of carbonyl (C=O) groups excluding carboxylic acids is 1. The number of hydrogen-bond acceptors (Lipinski definition) is 3. The van der Waals surface area contributed by atoms with E-state index in [9.17, 15) is 13.2 Å². The zero-order valence-electron chi connectivity index (χ0n) is 15.2. The van der Waals surface area contributed by atoms with Crippen LogP contribution in [0.5, 0.6) is 0 Å². The lowest BCUT2D eigenvalue weighted by atomic mass is 10.1. The van der Waals surface area contributed by atoms with E-state index in [1.807, 2.05) is 30.3 Å². The number of rotatable bonds is 6. The highest BCUT2D eigenvalue weighted by Gasteiger charge is 2.33. The van der Waals surface area contributed by atoms with E-state index in [1.165, 1.54) is 6.08 Å². The third-order valence-corrected chi connectivity index (χ3v) is 7.10. The lowest BCUT2D eigenvalue weighted by molar-refractivity contribution is -0.127. The summed E-state index contributed by atoms with van der Waals surface area (Å²) in [5, 5.41) is 0.977. The fraction of sp³-hybridized carbons (Fsp3) is 0.286. The summed E-state index contributed by atoms with van der Waals surface area (Å²) in [6, 6.07) is 14.6. The molecule has 0 bridgehead atoms. The Morgan fingerprint density at radius 3 is 2.54 bits per heavy atom. The van der Waals surface area contributed by atoms with Crippen molar-refractivity contribution in [3.05, 3.63) is 75.8 Å². The van der Waals surface area contributed by atoms with Gasteiger partial charge in [-0.15, -0.1) is 0 Å². The molecule has 0 unspecified atom stereocenters. The van der Waals surface area contributed by atoms with Crippen LogP contribution in [0.2, 0.25) is 10.0 Å². The van der Waals surface area contributed by atoms with E-state index in [0.717, 1.165) is 5.56 Å². The molecule has 3 rings (SSSR count). The molecule has 1 fully saturated rings. The Hall–Kier alpha value is -1.82. The molecular formula is C21H21Cl2NO3S. The molecular weight excluding hydrogens is 417 g/mol. The van der Waals surface area contributed by atoms with Gasteiger partial charge in [-0.1, -0.05) is 59.6 Å². The molecule has 0 aromatic heterocycles. The zero-order valence-corrected chi connectivity index (χ0v) is 17.6. The number of halogens is 2. The summed E-state index contributed by atoms with van der Waals surface area (Å²) in [6.45, 7) is 0.460. The normalized spacial score (nSPS) is 18.4. The van der Waals surface area contributed by atoms with Gasteiger partial charge in [0.15, 0.2) is 9.84 Å². The number of amides is 1. The van der Waals surface area contributed by atoms with Crippen LogP contribution in [-0.2, 0) is 21.1 Å². The minimum atomic E-state index is -3.09. The summed E-state index contributed by atoms with van der Waals surface area (Å²) < 4.78 is 23.8. The minimum Gasteiger partial charge on any atom is -0.335 e. The van der Waals surface area contributed by atoms with Crippen molar-refractivity contribution in [2.75, 3.05) is 18.1 Å². The molecule has 1 amide bonds. The van der Waals surface area contributed by atoms with E-state index >= 15 is 0 Å². The summed E-state index contributed by atoms with van der Waals surface area (Å²) in [5.41, 5.74) is 1.78. The number of sulfone groups is 1. The molecule has 4 nitrogen and oxygen atoms in total. The standard InChI is InChI=1S/C21H21Cl2NO3S/c22-18-8-6-17(20(23)14-18)7-9-21(25)24(19-11-13-28(26,27)15-19)12-10-16-4-2-1-3-5-16/h1-9,14,19H,10-13,15H2/b9-7+/t19-/m1/s1. The predicted octanol–water partition coefficient (Wildman–Crippen LogP) is 4.27. The van der Waals surface area contributed by atoms with Gasteiger partial charge in [-0.05, 0) is 42.2 Å². The van der Waals surface area contributed by atoms with Crippen molar-refractivity contribution in [3.8, 4) is 0 Å². The van der Waals surface area contributed by atoms with Gasteiger partial charge in [-0.2, -0.15) is 0 Å². The maximum Gasteiger partial charge on any atom is 0.246 e. The summed E-state index contributed by atoms with van der Waals surface area (Å²) in [4.78, 5) is 14.6. The second-order valence-electron chi connectivity index (χ2n) is 6.82. The van der Waals surface area contributed by atoms with Crippen molar-refractivity contribution >= 4 is 45.0 Å². The molecule has 148 valence electrons. The molecule has 1 aliphatic heterocycles. The monoisotopic (exact) mass is 437 g/mol. The van der Waals surface area contributed by atoms with Crippen LogP contribution >= 0.6 is 23.2 Å². The average Bonchev–Trinajstić information content (AvgIpc) is 3.01. The number of hydrogen-bond donors (Lipinski definition) is 0. The SMILES string of the molecule is O=C(/C=C/c1ccc(Cl)cc1Cl)N(CCc1ccccc1)[C@@H]1CCS(=O)(=O)C1. The van der Waals surface area contributed by atoms with Gasteiger partial charge in [0.25, 0.3) is 0 Å². The lowest BCUT2D eigenvalue weighted by Gasteiger charge is -2.27. The highest BCUT2D eigenvalue weighted by Crippen LogP contribution is 2.23. The quantitative estimate of drug-likeness (QED) is 0.634. The first-order chi connectivity index (χ1) is 13.3. The smallest absolute Gasteiger partial charge is 0.246 e. The van der Waals surface area contributed by atoms with Crippen molar-refractivity contribution in [1.29, 1.82) is 0 Å². The fourth-order valence-corrected chi connectivity index (χ4v) is 5.48. The lowest BCUT2D eigenvalue weighted by Crippen LogP contribution is -2.41. The van der Waals surface area contributed by atoms with Crippen LogP contribution in [-0.4, -0.2) is 43.3 Å². The molecule has 1 saturated heterocycles. The first-order valence-corrected chi connectivity index (χ1v) is 11.6. The Kier molecular flexibility index (Phi) is 6.81. The molecule has 0 aliphatic carbocycles. The molecule has 1 atom stereocenters. The Labute approximate surface area is 175 Å². The second-order valence-corrected chi connectivity index (χ2v) is 9.90. The molecule has 0 N–H and O–H groups in total. The van der Waals surface area contributed by atoms with Gasteiger partial charge in [-0.25, -0.2) is 8.42 Å². The summed E-state index contributed by atoms with van der Waals surface area (Å²) in [7, 11) is -3.09. The van der Waals surface area contributed by atoms with Gasteiger partial charge in [0.1, 0.15) is 0 Å². The first kappa shape index (κ1) is 20.9. The molecule has 0 spiro atoms. The summed E-state index contributed by atoms with van der Waals surface area (Å²) >= 11 is 12.1. The molecule has 2 aromatic rings. The van der Waals surface area contributed by atoms with Gasteiger partial charge in [0.2, 0.25) is 5.91 Å². The van der Waals surface area contributed by atoms with Crippen molar-refractivity contribution < 1.29 is 13.2 Å². The van der Waals surface area contributed by atoms with Crippen molar-refractivity contribution in [2.45, 2.75) is 18.9 Å². The zero-order chi connectivity index (χ0) is 20.1. The van der Waals surface area contributed by atoms with E-state index in [2.05, 4.69) is 0 Å². The Morgan fingerprint density at radius 1 is 1.14 bits per heavy atom. The van der Waals surface area contributed by atoms with Crippen LogP contribution in [0.3, 0.4) is 0 Å². The highest BCUT2D eigenvalue weighted by atomic mass is 35.5. The summed E-state index contributed by atoms with van der Waals surface area (Å²) in [5.74, 6) is -0.0770. The van der Waals surface area contributed by atoms with E-state index in [4.69, 9.17) is 23.2 Å². The van der Waals surface area contributed by atoms with E-state index < -0.39 is 9.84 Å². The number of carbonyl (C=O) groups is 1. The number of benzene rings is 2. The van der Waals surface area contributed by atoms with E-state index in [1.54, 1.807) is 29.2 Å². The van der Waals surface area contributed by atoms with Crippen molar-refractivity contribution in [2.24, 2.45) is 0 Å². The molecule has 0 saturated carbocycles. The Morgan fingerprint density at radius 2 is 1.89 bits per heavy atom. The highest BCUT2D eigenvalue weighted by molar-refractivity contribution is 7.91. The van der Waals surface area contributed by atoms with E-state index in [-0.39, 0.29) is 23.5 Å². The molecule has 2 aromatic carbocycles. The van der Waals surface area contributed by atoms with Crippen LogP contribution in [0.25, 0.3) is 6.08 Å². The van der Waals surface area contributed by atoms with Gasteiger partial charge in [-0.3, -0.25) is 4.79 Å². The van der Waals surface area contributed by atoms with Gasteiger partial charge >= 0.3 is 0 Å². The third kappa shape index (κ3) is 5.60. The van der Waals surface area contributed by atoms with Gasteiger partial charge in [0.05, 0.1) is 11.5 Å². The van der Waals surface area contributed by atoms with Crippen LogP contribution in [0, 0.1) is 0 Å². The Bertz CT molecular complexity index is 974. The van der Waals surface area contributed by atoms with Gasteiger partial charge in [0, 0.05) is 28.7 Å². The van der Waals surface area contributed by atoms with Crippen LogP contribution in [0.15, 0.2) is 54.6 Å². The molecule has 28 heavy (non-hydrogen) atoms. The van der Waals surface area contributed by atoms with Crippen molar-refractivity contribution in [3.63, 3.8) is 0 Å². The second kappa shape index (κ2) is 9.12. The predicted molar refractivity (Wildman–Crippen MR) is 114 cm³/mol. The number of nitrogens with zero attached hydrogens (tertiary/aromatic N) is 1.